The van der Waals surface area contributed by atoms with Crippen LogP contribution in [-0.4, -0.2) is 32.3 Å². The Hall–Kier alpha value is -3.61. The molecule has 0 atom stereocenters. The normalized spacial score (nSPS) is 11.0. The number of methoxy groups -OCH3 is 1. The molecule has 0 spiro atoms. The summed E-state index contributed by atoms with van der Waals surface area (Å²) in [5.74, 6) is 1.68. The summed E-state index contributed by atoms with van der Waals surface area (Å²) >= 11 is 0. The highest BCUT2D eigenvalue weighted by Crippen LogP contribution is 2.25. The second-order valence-electron chi connectivity index (χ2n) is 6.92. The molecule has 0 unspecified atom stereocenters. The second kappa shape index (κ2) is 7.79. The molecule has 4 rings (SSSR count). The molecule has 2 aromatic heterocycles. The van der Waals surface area contributed by atoms with E-state index in [-0.39, 0.29) is 5.91 Å². The molecule has 29 heavy (non-hydrogen) atoms. The summed E-state index contributed by atoms with van der Waals surface area (Å²) in [5.41, 5.74) is 3.73. The van der Waals surface area contributed by atoms with Crippen LogP contribution in [0.1, 0.15) is 18.3 Å². The van der Waals surface area contributed by atoms with E-state index in [0.717, 1.165) is 33.9 Å². The Morgan fingerprint density at radius 1 is 1.17 bits per heavy atom. The average Bonchev–Trinajstić information content (AvgIpc) is 3.34. The van der Waals surface area contributed by atoms with Gasteiger partial charge in [0, 0.05) is 32.1 Å². The summed E-state index contributed by atoms with van der Waals surface area (Å²) in [6, 6.07) is 15.6. The molecule has 0 bridgehead atoms. The summed E-state index contributed by atoms with van der Waals surface area (Å²) < 4.78 is 9.11. The number of amides is 1. The van der Waals surface area contributed by atoms with Crippen molar-refractivity contribution in [3.8, 4) is 5.75 Å². The molecule has 0 saturated heterocycles. The van der Waals surface area contributed by atoms with E-state index in [1.807, 2.05) is 66.5 Å². The van der Waals surface area contributed by atoms with E-state index in [2.05, 4.69) is 9.67 Å². The summed E-state index contributed by atoms with van der Waals surface area (Å²) in [5, 5.41) is 4.25. The van der Waals surface area contributed by atoms with Crippen LogP contribution in [-0.2, 0) is 24.9 Å². The molecule has 148 valence electrons. The van der Waals surface area contributed by atoms with Crippen LogP contribution in [0.5, 0.6) is 5.75 Å². The van der Waals surface area contributed by atoms with Gasteiger partial charge in [0.05, 0.1) is 31.2 Å². The average molecular weight is 389 g/mol. The lowest BCUT2D eigenvalue weighted by molar-refractivity contribution is -0.116. The van der Waals surface area contributed by atoms with Gasteiger partial charge in [0.1, 0.15) is 11.6 Å². The predicted molar refractivity (Wildman–Crippen MR) is 112 cm³/mol. The molecule has 0 aliphatic heterocycles. The van der Waals surface area contributed by atoms with Crippen molar-refractivity contribution in [2.45, 2.75) is 20.0 Å². The van der Waals surface area contributed by atoms with Crippen molar-refractivity contribution in [1.29, 1.82) is 0 Å². The van der Waals surface area contributed by atoms with Gasteiger partial charge in [-0.2, -0.15) is 5.10 Å². The predicted octanol–water partition coefficient (Wildman–Crippen LogP) is 3.38. The van der Waals surface area contributed by atoms with E-state index >= 15 is 0 Å². The zero-order valence-electron chi connectivity index (χ0n) is 16.7. The van der Waals surface area contributed by atoms with E-state index in [0.29, 0.717) is 13.1 Å². The monoisotopic (exact) mass is 389 g/mol. The quantitative estimate of drug-likeness (QED) is 0.507. The molecule has 0 saturated carbocycles. The first-order chi connectivity index (χ1) is 14.0. The van der Waals surface area contributed by atoms with Crippen molar-refractivity contribution in [3.63, 3.8) is 0 Å². The lowest BCUT2D eigenvalue weighted by Gasteiger charge is -2.21. The van der Waals surface area contributed by atoms with Crippen molar-refractivity contribution < 1.29 is 9.53 Å². The number of hydrogen-bond donors (Lipinski definition) is 0. The van der Waals surface area contributed by atoms with Crippen molar-refractivity contribution in [3.05, 3.63) is 72.3 Å². The highest BCUT2D eigenvalue weighted by Gasteiger charge is 2.15. The third-order valence-corrected chi connectivity index (χ3v) is 5.01. The Bertz CT molecular complexity index is 1130. The molecule has 0 fully saturated rings. The van der Waals surface area contributed by atoms with Gasteiger partial charge in [-0.15, -0.1) is 0 Å². The Morgan fingerprint density at radius 3 is 2.62 bits per heavy atom. The zero-order valence-corrected chi connectivity index (χ0v) is 16.7. The molecule has 0 radical (unpaired) electrons. The van der Waals surface area contributed by atoms with Gasteiger partial charge < -0.3 is 14.2 Å². The Balaban J connectivity index is 1.64. The number of aryl methyl sites for hydroxylation is 1. The molecule has 7 nitrogen and oxygen atoms in total. The van der Waals surface area contributed by atoms with Crippen LogP contribution < -0.4 is 9.64 Å². The third-order valence-electron chi connectivity index (χ3n) is 5.01. The topological polar surface area (TPSA) is 65.2 Å². The largest absolute Gasteiger partial charge is 0.497 e. The standard InChI is InChI=1S/C22H23N5O2/c1-16(28)27(14-17-5-8-19(29-3)9-6-17)18-7-10-21-20(13-18)24-22(25(21)2)15-26-12-4-11-23-26/h4-13H,14-15H2,1-3H3. The molecule has 2 aromatic carbocycles. The maximum atomic E-state index is 12.4. The van der Waals surface area contributed by atoms with Crippen LogP contribution in [0.4, 0.5) is 5.69 Å². The lowest BCUT2D eigenvalue weighted by Crippen LogP contribution is -2.27. The number of fused-ring (bicyclic) bond motifs is 1. The van der Waals surface area contributed by atoms with Crippen LogP contribution in [0.25, 0.3) is 11.0 Å². The number of hydrogen-bond acceptors (Lipinski definition) is 4. The highest BCUT2D eigenvalue weighted by atomic mass is 16.5. The molecule has 0 N–H and O–H groups in total. The minimum Gasteiger partial charge on any atom is -0.497 e. The van der Waals surface area contributed by atoms with Gasteiger partial charge in [0.25, 0.3) is 0 Å². The van der Waals surface area contributed by atoms with Crippen LogP contribution >= 0.6 is 0 Å². The van der Waals surface area contributed by atoms with Gasteiger partial charge in [-0.1, -0.05) is 12.1 Å². The van der Waals surface area contributed by atoms with E-state index in [1.165, 1.54) is 0 Å². The summed E-state index contributed by atoms with van der Waals surface area (Å²) in [6.45, 7) is 2.66. The van der Waals surface area contributed by atoms with E-state index in [9.17, 15) is 4.79 Å². The van der Waals surface area contributed by atoms with Crippen LogP contribution in [0, 0.1) is 0 Å². The molecule has 1 amide bonds. The highest BCUT2D eigenvalue weighted by molar-refractivity contribution is 5.93. The molecular weight excluding hydrogens is 366 g/mol. The molecule has 4 aromatic rings. The van der Waals surface area contributed by atoms with Crippen molar-refractivity contribution in [2.24, 2.45) is 7.05 Å². The molecule has 7 heteroatoms. The number of nitrogens with zero attached hydrogens (tertiary/aromatic N) is 5. The maximum Gasteiger partial charge on any atom is 0.224 e. The molecule has 0 aliphatic rings. The van der Waals surface area contributed by atoms with E-state index < -0.39 is 0 Å². The fourth-order valence-electron chi connectivity index (χ4n) is 3.38. The smallest absolute Gasteiger partial charge is 0.224 e. The molecule has 2 heterocycles. The zero-order chi connectivity index (χ0) is 20.4. The Morgan fingerprint density at radius 2 is 1.97 bits per heavy atom. The number of ether oxygens (including phenoxy) is 1. The third kappa shape index (κ3) is 3.85. The van der Waals surface area contributed by atoms with Crippen LogP contribution in [0.15, 0.2) is 60.9 Å². The van der Waals surface area contributed by atoms with Gasteiger partial charge >= 0.3 is 0 Å². The minimum absolute atomic E-state index is 0.0205. The summed E-state index contributed by atoms with van der Waals surface area (Å²) in [7, 11) is 3.63. The number of carbonyl (C=O) groups excluding carboxylic acids is 1. The summed E-state index contributed by atoms with van der Waals surface area (Å²) in [4.78, 5) is 18.9. The van der Waals surface area contributed by atoms with Crippen molar-refractivity contribution in [1.82, 2.24) is 19.3 Å². The number of anilines is 1. The number of carbonyl (C=O) groups is 1. The number of rotatable bonds is 6. The first-order valence-electron chi connectivity index (χ1n) is 9.39. The molecular formula is C22H23N5O2. The maximum absolute atomic E-state index is 12.4. The van der Waals surface area contributed by atoms with E-state index in [4.69, 9.17) is 9.72 Å². The van der Waals surface area contributed by atoms with Crippen LogP contribution in [0.2, 0.25) is 0 Å². The summed E-state index contributed by atoms with van der Waals surface area (Å²) in [6.07, 6.45) is 3.67. The number of benzene rings is 2. The fraction of sp³-hybridized carbons (Fsp3) is 0.227. The number of aromatic nitrogens is 4. The first kappa shape index (κ1) is 18.7. The van der Waals surface area contributed by atoms with Gasteiger partial charge in [0.2, 0.25) is 5.91 Å². The van der Waals surface area contributed by atoms with Gasteiger partial charge in [-0.05, 0) is 42.0 Å². The fourth-order valence-corrected chi connectivity index (χ4v) is 3.38. The van der Waals surface area contributed by atoms with Crippen molar-refractivity contribution >= 4 is 22.6 Å². The van der Waals surface area contributed by atoms with Gasteiger partial charge in [-0.25, -0.2) is 4.98 Å². The SMILES string of the molecule is COc1ccc(CN(C(C)=O)c2ccc3c(c2)nc(Cn2cccn2)n3C)cc1. The number of imidazole rings is 1. The second-order valence-corrected chi connectivity index (χ2v) is 6.92. The Kier molecular flexibility index (Phi) is 5.03. The lowest BCUT2D eigenvalue weighted by atomic mass is 10.1. The van der Waals surface area contributed by atoms with E-state index in [1.54, 1.807) is 25.1 Å². The van der Waals surface area contributed by atoms with Crippen LogP contribution in [0.3, 0.4) is 0 Å². The molecule has 0 aliphatic carbocycles. The minimum atomic E-state index is -0.0205. The Labute approximate surface area is 169 Å². The van der Waals surface area contributed by atoms with Crippen molar-refractivity contribution in [2.75, 3.05) is 12.0 Å². The van der Waals surface area contributed by atoms with Gasteiger partial charge in [-0.3, -0.25) is 9.48 Å². The van der Waals surface area contributed by atoms with Gasteiger partial charge in [0.15, 0.2) is 0 Å². The first-order valence-corrected chi connectivity index (χ1v) is 9.39.